The molecule has 0 aromatic carbocycles. The number of nitrogens with zero attached hydrogens (tertiary/aromatic N) is 1. The first-order valence-corrected chi connectivity index (χ1v) is 9.50. The van der Waals surface area contributed by atoms with Crippen molar-refractivity contribution in [2.24, 2.45) is 17.3 Å². The molecular weight excluding hydrogens is 288 g/mol. The Morgan fingerprint density at radius 2 is 1.86 bits per heavy atom. The molecule has 1 saturated heterocycles. The standard InChI is InChI=1S/C15H32N2O3S/c1-5-13(8-11-18)12-16-21(19,20)17-9-6-14(7-10-17)15(2,3)4/h13-14,16,18H,5-12H2,1-4H3/t13-/m0/s1. The smallest absolute Gasteiger partial charge is 0.279 e. The molecule has 0 aromatic heterocycles. The lowest BCUT2D eigenvalue weighted by Crippen LogP contribution is -2.47. The van der Waals surface area contributed by atoms with E-state index in [1.165, 1.54) is 0 Å². The van der Waals surface area contributed by atoms with Crippen molar-refractivity contribution in [2.45, 2.75) is 53.4 Å². The molecule has 1 heterocycles. The lowest BCUT2D eigenvalue weighted by molar-refractivity contribution is 0.153. The molecule has 0 aromatic rings. The van der Waals surface area contributed by atoms with Crippen molar-refractivity contribution in [1.29, 1.82) is 0 Å². The highest BCUT2D eigenvalue weighted by molar-refractivity contribution is 7.87. The van der Waals surface area contributed by atoms with Gasteiger partial charge in [0.15, 0.2) is 0 Å². The average molecular weight is 320 g/mol. The number of aliphatic hydroxyl groups is 1. The van der Waals surface area contributed by atoms with Crippen LogP contribution in [0.4, 0.5) is 0 Å². The molecule has 1 atom stereocenters. The molecule has 0 bridgehead atoms. The Kier molecular flexibility index (Phi) is 7.10. The fraction of sp³-hybridized carbons (Fsp3) is 1.00. The molecule has 6 heteroatoms. The first kappa shape index (κ1) is 18.9. The second-order valence-corrected chi connectivity index (χ2v) is 8.93. The monoisotopic (exact) mass is 320 g/mol. The number of nitrogens with one attached hydrogen (secondary N) is 1. The Morgan fingerprint density at radius 1 is 1.29 bits per heavy atom. The van der Waals surface area contributed by atoms with Gasteiger partial charge in [-0.2, -0.15) is 12.7 Å². The summed E-state index contributed by atoms with van der Waals surface area (Å²) in [5.41, 5.74) is 0.248. The van der Waals surface area contributed by atoms with E-state index < -0.39 is 10.2 Å². The molecule has 0 amide bonds. The molecule has 1 aliphatic heterocycles. The number of hydrogen-bond donors (Lipinski definition) is 2. The second kappa shape index (κ2) is 7.90. The first-order chi connectivity index (χ1) is 9.70. The van der Waals surface area contributed by atoms with Crippen LogP contribution in [0, 0.1) is 17.3 Å². The van der Waals surface area contributed by atoms with Gasteiger partial charge in [-0.3, -0.25) is 0 Å². The molecule has 0 unspecified atom stereocenters. The van der Waals surface area contributed by atoms with Crippen molar-refractivity contribution in [3.8, 4) is 0 Å². The largest absolute Gasteiger partial charge is 0.396 e. The molecule has 1 aliphatic rings. The van der Waals surface area contributed by atoms with Crippen LogP contribution in [-0.2, 0) is 10.2 Å². The molecule has 1 rings (SSSR count). The SMILES string of the molecule is CC[C@@H](CCO)CNS(=O)(=O)N1CCC(C(C)(C)C)CC1. The van der Waals surface area contributed by atoms with Gasteiger partial charge in [-0.25, -0.2) is 4.72 Å². The summed E-state index contributed by atoms with van der Waals surface area (Å²) in [7, 11) is -3.37. The molecule has 2 N–H and O–H groups in total. The van der Waals surface area contributed by atoms with Gasteiger partial charge in [0.1, 0.15) is 0 Å². The van der Waals surface area contributed by atoms with Gasteiger partial charge in [-0.05, 0) is 36.5 Å². The predicted octanol–water partition coefficient (Wildman–Crippen LogP) is 1.99. The van der Waals surface area contributed by atoms with E-state index in [-0.39, 0.29) is 17.9 Å². The van der Waals surface area contributed by atoms with Gasteiger partial charge in [-0.15, -0.1) is 0 Å². The van der Waals surface area contributed by atoms with E-state index in [1.807, 2.05) is 6.92 Å². The molecule has 0 saturated carbocycles. The maximum Gasteiger partial charge on any atom is 0.279 e. The van der Waals surface area contributed by atoms with Gasteiger partial charge < -0.3 is 5.11 Å². The van der Waals surface area contributed by atoms with Crippen LogP contribution >= 0.6 is 0 Å². The van der Waals surface area contributed by atoms with Crippen molar-refractivity contribution in [3.05, 3.63) is 0 Å². The summed E-state index contributed by atoms with van der Waals surface area (Å²) in [4.78, 5) is 0. The van der Waals surface area contributed by atoms with Crippen molar-refractivity contribution in [2.75, 3.05) is 26.2 Å². The summed E-state index contributed by atoms with van der Waals surface area (Å²) in [6.45, 7) is 10.4. The van der Waals surface area contributed by atoms with E-state index in [9.17, 15) is 8.42 Å². The highest BCUT2D eigenvalue weighted by atomic mass is 32.2. The predicted molar refractivity (Wildman–Crippen MR) is 86.2 cm³/mol. The molecule has 21 heavy (non-hydrogen) atoms. The van der Waals surface area contributed by atoms with Crippen LogP contribution in [0.25, 0.3) is 0 Å². The maximum absolute atomic E-state index is 12.3. The van der Waals surface area contributed by atoms with Gasteiger partial charge in [-0.1, -0.05) is 34.1 Å². The minimum Gasteiger partial charge on any atom is -0.396 e. The second-order valence-electron chi connectivity index (χ2n) is 7.18. The number of rotatable bonds is 7. The van der Waals surface area contributed by atoms with Gasteiger partial charge in [0.25, 0.3) is 10.2 Å². The van der Waals surface area contributed by atoms with Crippen LogP contribution in [0.2, 0.25) is 0 Å². The molecule has 126 valence electrons. The van der Waals surface area contributed by atoms with Gasteiger partial charge in [0, 0.05) is 26.2 Å². The Morgan fingerprint density at radius 3 is 2.29 bits per heavy atom. The summed E-state index contributed by atoms with van der Waals surface area (Å²) >= 11 is 0. The van der Waals surface area contributed by atoms with E-state index in [1.54, 1.807) is 4.31 Å². The van der Waals surface area contributed by atoms with Crippen LogP contribution in [-0.4, -0.2) is 44.1 Å². The van der Waals surface area contributed by atoms with E-state index >= 15 is 0 Å². The summed E-state index contributed by atoms with van der Waals surface area (Å²) in [6, 6.07) is 0. The zero-order valence-electron chi connectivity index (χ0n) is 13.9. The van der Waals surface area contributed by atoms with Gasteiger partial charge in [0.2, 0.25) is 0 Å². The summed E-state index contributed by atoms with van der Waals surface area (Å²) in [6.07, 6.45) is 3.37. The minimum absolute atomic E-state index is 0.108. The van der Waals surface area contributed by atoms with Crippen LogP contribution in [0.3, 0.4) is 0 Å². The minimum atomic E-state index is -3.37. The average Bonchev–Trinajstić information content (AvgIpc) is 2.42. The fourth-order valence-corrected chi connectivity index (χ4v) is 4.23. The Hall–Kier alpha value is -0.170. The molecule has 5 nitrogen and oxygen atoms in total. The Balaban J connectivity index is 2.49. The van der Waals surface area contributed by atoms with E-state index in [2.05, 4.69) is 25.5 Å². The molecule has 0 spiro atoms. The third-order valence-electron chi connectivity index (χ3n) is 4.69. The summed E-state index contributed by atoms with van der Waals surface area (Å²) in [5, 5.41) is 8.96. The quantitative estimate of drug-likeness (QED) is 0.753. The van der Waals surface area contributed by atoms with E-state index in [0.29, 0.717) is 32.0 Å². The van der Waals surface area contributed by atoms with E-state index in [4.69, 9.17) is 5.11 Å². The molecule has 0 radical (unpaired) electrons. The fourth-order valence-electron chi connectivity index (χ4n) is 2.91. The summed E-state index contributed by atoms with van der Waals surface area (Å²) in [5.74, 6) is 0.790. The van der Waals surface area contributed by atoms with E-state index in [0.717, 1.165) is 19.3 Å². The molecule has 0 aliphatic carbocycles. The third-order valence-corrected chi connectivity index (χ3v) is 6.26. The number of hydrogen-bond acceptors (Lipinski definition) is 3. The van der Waals surface area contributed by atoms with Gasteiger partial charge >= 0.3 is 0 Å². The summed E-state index contributed by atoms with van der Waals surface area (Å²) < 4.78 is 28.9. The Bertz CT molecular complexity index is 396. The van der Waals surface area contributed by atoms with Crippen molar-refractivity contribution in [1.82, 2.24) is 9.03 Å². The van der Waals surface area contributed by atoms with Crippen molar-refractivity contribution < 1.29 is 13.5 Å². The lowest BCUT2D eigenvalue weighted by atomic mass is 9.76. The van der Waals surface area contributed by atoms with Crippen molar-refractivity contribution >= 4 is 10.2 Å². The van der Waals surface area contributed by atoms with Crippen LogP contribution < -0.4 is 4.72 Å². The van der Waals surface area contributed by atoms with Crippen LogP contribution in [0.5, 0.6) is 0 Å². The molecule has 1 fully saturated rings. The molecular formula is C15H32N2O3S. The van der Waals surface area contributed by atoms with Crippen LogP contribution in [0.1, 0.15) is 53.4 Å². The lowest BCUT2D eigenvalue weighted by Gasteiger charge is -2.38. The van der Waals surface area contributed by atoms with Crippen molar-refractivity contribution in [3.63, 3.8) is 0 Å². The zero-order valence-corrected chi connectivity index (χ0v) is 14.7. The number of aliphatic hydroxyl groups excluding tert-OH is 1. The number of piperidine rings is 1. The highest BCUT2D eigenvalue weighted by Crippen LogP contribution is 2.34. The first-order valence-electron chi connectivity index (χ1n) is 8.06. The maximum atomic E-state index is 12.3. The zero-order chi connectivity index (χ0) is 16.1. The third kappa shape index (κ3) is 5.85. The van der Waals surface area contributed by atoms with Gasteiger partial charge in [0.05, 0.1) is 0 Å². The normalized spacial score (nSPS) is 20.6. The van der Waals surface area contributed by atoms with Crippen LogP contribution in [0.15, 0.2) is 0 Å². The Labute approximate surface area is 130 Å². The topological polar surface area (TPSA) is 69.6 Å². The highest BCUT2D eigenvalue weighted by Gasteiger charge is 2.33.